The predicted molar refractivity (Wildman–Crippen MR) is 102 cm³/mol. The number of carbonyl (C=O) groups is 1. The van der Waals surface area contributed by atoms with Crippen LogP contribution in [-0.4, -0.2) is 52.7 Å². The number of nitrogens with zero attached hydrogens (tertiary/aromatic N) is 3. The first-order valence-electron chi connectivity index (χ1n) is 10.5. The zero-order valence-corrected chi connectivity index (χ0v) is 16.7. The van der Waals surface area contributed by atoms with Crippen LogP contribution in [0.3, 0.4) is 0 Å². The van der Waals surface area contributed by atoms with Gasteiger partial charge in [-0.25, -0.2) is 4.98 Å². The molecule has 0 aromatic carbocycles. The lowest BCUT2D eigenvalue weighted by atomic mass is 9.78. The Morgan fingerprint density at radius 2 is 1.86 bits per heavy atom. The third-order valence-corrected chi connectivity index (χ3v) is 6.82. The summed E-state index contributed by atoms with van der Waals surface area (Å²) in [5.41, 5.74) is -0.896. The molecule has 2 saturated heterocycles. The number of aryl methyl sites for hydroxylation is 1. The van der Waals surface area contributed by atoms with Crippen LogP contribution in [0.4, 0.5) is 19.0 Å². The number of alkyl halides is 3. The molecule has 1 aromatic heterocycles. The summed E-state index contributed by atoms with van der Waals surface area (Å²) in [6.45, 7) is 3.30. The van der Waals surface area contributed by atoms with Crippen LogP contribution in [0.15, 0.2) is 12.1 Å². The number of aliphatic hydroxyl groups is 1. The van der Waals surface area contributed by atoms with Crippen molar-refractivity contribution < 1.29 is 23.1 Å². The number of aliphatic hydroxyl groups excluding tert-OH is 1. The summed E-state index contributed by atoms with van der Waals surface area (Å²) in [4.78, 5) is 21.5. The van der Waals surface area contributed by atoms with Crippen LogP contribution in [0.5, 0.6) is 0 Å². The molecule has 4 rings (SSSR count). The van der Waals surface area contributed by atoms with Crippen LogP contribution in [0.2, 0.25) is 0 Å². The monoisotopic (exact) mass is 411 g/mol. The van der Waals surface area contributed by atoms with Crippen LogP contribution in [0.25, 0.3) is 0 Å². The first-order valence-corrected chi connectivity index (χ1v) is 10.5. The maximum atomic E-state index is 13.4. The van der Waals surface area contributed by atoms with Gasteiger partial charge in [0.1, 0.15) is 5.82 Å². The van der Waals surface area contributed by atoms with Crippen molar-refractivity contribution in [2.75, 3.05) is 24.5 Å². The van der Waals surface area contributed by atoms with Gasteiger partial charge >= 0.3 is 6.18 Å². The molecule has 3 aliphatic rings. The molecule has 0 unspecified atom stereocenters. The average molecular weight is 411 g/mol. The standard InChI is InChI=1S/C21H28F3N3O2/c1-14-11-15(21(22,23)24)12-18(25-14)26-9-2-7-20(13-26)8-10-27(19(20)29)16-3-5-17(28)6-4-16/h11-12,16-17,28H,2-10,13H2,1H3/t16?,17?,20-/m1/s1. The first kappa shape index (κ1) is 20.4. The number of likely N-dealkylation sites (tertiary alicyclic amines) is 1. The third kappa shape index (κ3) is 3.96. The lowest BCUT2D eigenvalue weighted by Gasteiger charge is -2.41. The third-order valence-electron chi connectivity index (χ3n) is 6.82. The zero-order chi connectivity index (χ0) is 20.8. The van der Waals surface area contributed by atoms with Crippen molar-refractivity contribution >= 4 is 11.7 Å². The maximum absolute atomic E-state index is 13.4. The van der Waals surface area contributed by atoms with Gasteiger partial charge in [-0.15, -0.1) is 0 Å². The Hall–Kier alpha value is -1.83. The van der Waals surface area contributed by atoms with Crippen molar-refractivity contribution in [2.24, 2.45) is 5.41 Å². The Balaban J connectivity index is 1.53. The van der Waals surface area contributed by atoms with Crippen molar-refractivity contribution in [1.29, 1.82) is 0 Å². The normalized spacial score (nSPS) is 31.0. The van der Waals surface area contributed by atoms with Crippen molar-refractivity contribution in [3.05, 3.63) is 23.4 Å². The van der Waals surface area contributed by atoms with Gasteiger partial charge in [0.15, 0.2) is 0 Å². The SMILES string of the molecule is Cc1cc(C(F)(F)F)cc(N2CCC[C@@]3(CCN(C4CCC(O)CC4)C3=O)C2)n1. The second-order valence-electron chi connectivity index (χ2n) is 8.87. The van der Waals surface area contributed by atoms with E-state index < -0.39 is 17.2 Å². The quantitative estimate of drug-likeness (QED) is 0.809. The summed E-state index contributed by atoms with van der Waals surface area (Å²) in [5.74, 6) is 0.440. The highest BCUT2D eigenvalue weighted by Gasteiger charge is 2.51. The minimum absolute atomic E-state index is 0.132. The molecule has 1 aromatic rings. The molecule has 8 heteroatoms. The van der Waals surface area contributed by atoms with Crippen molar-refractivity contribution in [1.82, 2.24) is 9.88 Å². The number of carbonyl (C=O) groups excluding carboxylic acids is 1. The van der Waals surface area contributed by atoms with E-state index in [-0.39, 0.29) is 18.1 Å². The van der Waals surface area contributed by atoms with Crippen LogP contribution < -0.4 is 4.90 Å². The fourth-order valence-electron chi connectivity index (χ4n) is 5.25. The molecule has 1 aliphatic carbocycles. The molecule has 2 aliphatic heterocycles. The number of rotatable bonds is 2. The fourth-order valence-corrected chi connectivity index (χ4v) is 5.25. The first-order chi connectivity index (χ1) is 13.7. The van der Waals surface area contributed by atoms with E-state index in [4.69, 9.17) is 0 Å². The number of amides is 1. The van der Waals surface area contributed by atoms with E-state index in [2.05, 4.69) is 4.98 Å². The Labute approximate surface area is 168 Å². The summed E-state index contributed by atoms with van der Waals surface area (Å²) in [6.07, 6.45) is 0.676. The summed E-state index contributed by atoms with van der Waals surface area (Å²) in [6, 6.07) is 2.34. The minimum atomic E-state index is -4.42. The second kappa shape index (κ2) is 7.45. The Bertz CT molecular complexity index is 777. The number of aromatic nitrogens is 1. The van der Waals surface area contributed by atoms with Gasteiger partial charge in [-0.1, -0.05) is 0 Å². The Morgan fingerprint density at radius 1 is 1.14 bits per heavy atom. The van der Waals surface area contributed by atoms with Gasteiger partial charge in [0.25, 0.3) is 0 Å². The summed E-state index contributed by atoms with van der Waals surface area (Å²) >= 11 is 0. The lowest BCUT2D eigenvalue weighted by molar-refractivity contribution is -0.139. The molecule has 1 amide bonds. The van der Waals surface area contributed by atoms with Gasteiger partial charge in [0, 0.05) is 31.4 Å². The lowest BCUT2D eigenvalue weighted by Crippen LogP contribution is -2.50. The van der Waals surface area contributed by atoms with Gasteiger partial charge in [0.05, 0.1) is 17.1 Å². The fraction of sp³-hybridized carbons (Fsp3) is 0.714. The molecule has 160 valence electrons. The van der Waals surface area contributed by atoms with Gasteiger partial charge < -0.3 is 14.9 Å². The topological polar surface area (TPSA) is 56.7 Å². The molecule has 3 fully saturated rings. The van der Waals surface area contributed by atoms with Gasteiger partial charge in [-0.05, 0) is 64.0 Å². The number of hydrogen-bond acceptors (Lipinski definition) is 4. The molecule has 1 N–H and O–H groups in total. The summed E-state index contributed by atoms with van der Waals surface area (Å²) in [7, 11) is 0. The van der Waals surface area contributed by atoms with E-state index >= 15 is 0 Å². The average Bonchev–Trinajstić information content (AvgIpc) is 2.97. The van der Waals surface area contributed by atoms with E-state index in [0.29, 0.717) is 31.1 Å². The smallest absolute Gasteiger partial charge is 0.393 e. The molecule has 1 spiro atoms. The predicted octanol–water partition coefficient (Wildman–Crippen LogP) is 3.53. The van der Waals surface area contributed by atoms with Crippen LogP contribution >= 0.6 is 0 Å². The maximum Gasteiger partial charge on any atom is 0.416 e. The largest absolute Gasteiger partial charge is 0.416 e. The van der Waals surface area contributed by atoms with E-state index in [1.54, 1.807) is 6.92 Å². The summed E-state index contributed by atoms with van der Waals surface area (Å²) < 4.78 is 39.7. The molecule has 0 bridgehead atoms. The number of hydrogen-bond donors (Lipinski definition) is 1. The van der Waals surface area contributed by atoms with E-state index in [1.165, 1.54) is 0 Å². The highest BCUT2D eigenvalue weighted by molar-refractivity contribution is 5.86. The van der Waals surface area contributed by atoms with E-state index in [9.17, 15) is 23.1 Å². The highest BCUT2D eigenvalue weighted by Crippen LogP contribution is 2.43. The Kier molecular flexibility index (Phi) is 5.25. The zero-order valence-electron chi connectivity index (χ0n) is 16.7. The van der Waals surface area contributed by atoms with Gasteiger partial charge in [-0.2, -0.15) is 13.2 Å². The molecule has 29 heavy (non-hydrogen) atoms. The van der Waals surface area contributed by atoms with Crippen LogP contribution in [0.1, 0.15) is 56.2 Å². The van der Waals surface area contributed by atoms with Gasteiger partial charge in [-0.3, -0.25) is 4.79 Å². The van der Waals surface area contributed by atoms with Crippen LogP contribution in [0, 0.1) is 12.3 Å². The summed E-state index contributed by atoms with van der Waals surface area (Å²) in [5, 5.41) is 9.74. The molecule has 1 saturated carbocycles. The number of piperidine rings is 1. The molecule has 3 heterocycles. The molecule has 1 atom stereocenters. The molecule has 0 radical (unpaired) electrons. The van der Waals surface area contributed by atoms with Crippen molar-refractivity contribution in [3.63, 3.8) is 0 Å². The highest BCUT2D eigenvalue weighted by atomic mass is 19.4. The molecule has 5 nitrogen and oxygen atoms in total. The van der Waals surface area contributed by atoms with Gasteiger partial charge in [0.2, 0.25) is 5.91 Å². The Morgan fingerprint density at radius 3 is 2.55 bits per heavy atom. The van der Waals surface area contributed by atoms with E-state index in [1.807, 2.05) is 9.80 Å². The number of anilines is 1. The minimum Gasteiger partial charge on any atom is -0.393 e. The molecular weight excluding hydrogens is 383 g/mol. The number of halogens is 3. The molecular formula is C21H28F3N3O2. The number of pyridine rings is 1. The van der Waals surface area contributed by atoms with Crippen LogP contribution in [-0.2, 0) is 11.0 Å². The van der Waals surface area contributed by atoms with E-state index in [0.717, 1.165) is 57.1 Å². The van der Waals surface area contributed by atoms with Crippen molar-refractivity contribution in [2.45, 2.75) is 70.2 Å². The second-order valence-corrected chi connectivity index (χ2v) is 8.87. The van der Waals surface area contributed by atoms with Crippen molar-refractivity contribution in [3.8, 4) is 0 Å².